The zero-order valence-corrected chi connectivity index (χ0v) is 12.2. The minimum absolute atomic E-state index is 0.230. The number of hydrogen-bond acceptors (Lipinski definition) is 4. The van der Waals surface area contributed by atoms with E-state index in [1.165, 1.54) is 4.31 Å². The van der Waals surface area contributed by atoms with E-state index in [1.54, 1.807) is 14.0 Å². The van der Waals surface area contributed by atoms with Crippen LogP contribution in [-0.2, 0) is 10.0 Å². The highest BCUT2D eigenvalue weighted by Gasteiger charge is 2.21. The van der Waals surface area contributed by atoms with Crippen LogP contribution in [0.1, 0.15) is 32.6 Å². The van der Waals surface area contributed by atoms with Crippen molar-refractivity contribution in [2.24, 2.45) is 5.92 Å². The molecular weight excluding hydrogens is 252 g/mol. The summed E-state index contributed by atoms with van der Waals surface area (Å²) in [5, 5.41) is 12.5. The summed E-state index contributed by atoms with van der Waals surface area (Å²) in [5.41, 5.74) is 0. The third kappa shape index (κ3) is 5.65. The molecular formula is C12H26N2O3S. The molecule has 18 heavy (non-hydrogen) atoms. The quantitative estimate of drug-likeness (QED) is 0.707. The lowest BCUT2D eigenvalue weighted by atomic mass is 9.96. The van der Waals surface area contributed by atoms with E-state index in [1.807, 2.05) is 0 Å². The highest BCUT2D eigenvalue weighted by molar-refractivity contribution is 7.89. The molecule has 6 heteroatoms. The van der Waals surface area contributed by atoms with Gasteiger partial charge in [-0.3, -0.25) is 0 Å². The molecule has 1 fully saturated rings. The largest absolute Gasteiger partial charge is 0.393 e. The predicted octanol–water partition coefficient (Wildman–Crippen LogP) is 0.409. The molecule has 1 heterocycles. The number of nitrogens with zero attached hydrogens (tertiary/aromatic N) is 1. The number of nitrogens with one attached hydrogen (secondary N) is 1. The van der Waals surface area contributed by atoms with Gasteiger partial charge in [-0.1, -0.05) is 0 Å². The topological polar surface area (TPSA) is 69.6 Å². The van der Waals surface area contributed by atoms with Crippen molar-refractivity contribution in [1.29, 1.82) is 0 Å². The van der Waals surface area contributed by atoms with E-state index in [0.29, 0.717) is 18.9 Å². The first-order valence-corrected chi connectivity index (χ1v) is 8.35. The van der Waals surface area contributed by atoms with Gasteiger partial charge in [0.05, 0.1) is 11.9 Å². The molecule has 0 aromatic heterocycles. The SMILES string of the molecule is CC(O)CCN(C)S(=O)(=O)CCC1CCNCC1. The lowest BCUT2D eigenvalue weighted by molar-refractivity contribution is 0.177. The van der Waals surface area contributed by atoms with E-state index in [-0.39, 0.29) is 5.75 Å². The molecule has 0 radical (unpaired) electrons. The number of piperidine rings is 1. The molecule has 0 aromatic carbocycles. The van der Waals surface area contributed by atoms with Crippen molar-refractivity contribution in [2.75, 3.05) is 32.4 Å². The van der Waals surface area contributed by atoms with E-state index >= 15 is 0 Å². The van der Waals surface area contributed by atoms with Gasteiger partial charge in [-0.15, -0.1) is 0 Å². The number of aliphatic hydroxyl groups is 1. The Bertz CT molecular complexity index is 324. The third-order valence-corrected chi connectivity index (χ3v) is 5.46. The minimum Gasteiger partial charge on any atom is -0.393 e. The molecule has 1 unspecified atom stereocenters. The van der Waals surface area contributed by atoms with E-state index in [2.05, 4.69) is 5.32 Å². The Morgan fingerprint density at radius 3 is 2.56 bits per heavy atom. The fourth-order valence-electron chi connectivity index (χ4n) is 2.15. The first kappa shape index (κ1) is 15.9. The summed E-state index contributed by atoms with van der Waals surface area (Å²) < 4.78 is 25.4. The second-order valence-corrected chi connectivity index (χ2v) is 7.45. The lowest BCUT2D eigenvalue weighted by Crippen LogP contribution is -2.34. The van der Waals surface area contributed by atoms with Crippen molar-refractivity contribution in [3.8, 4) is 0 Å². The van der Waals surface area contributed by atoms with Crippen molar-refractivity contribution < 1.29 is 13.5 Å². The first-order chi connectivity index (χ1) is 8.42. The van der Waals surface area contributed by atoms with Gasteiger partial charge in [-0.25, -0.2) is 12.7 Å². The smallest absolute Gasteiger partial charge is 0.213 e. The van der Waals surface area contributed by atoms with Gasteiger partial charge in [0.25, 0.3) is 0 Å². The molecule has 108 valence electrons. The average molecular weight is 278 g/mol. The van der Waals surface area contributed by atoms with Gasteiger partial charge in [0, 0.05) is 13.6 Å². The maximum Gasteiger partial charge on any atom is 0.213 e. The molecule has 0 amide bonds. The Hall–Kier alpha value is -0.170. The minimum atomic E-state index is -3.15. The van der Waals surface area contributed by atoms with E-state index in [9.17, 15) is 13.5 Å². The molecule has 1 aliphatic heterocycles. The van der Waals surface area contributed by atoms with Crippen LogP contribution in [0.5, 0.6) is 0 Å². The number of hydrogen-bond donors (Lipinski definition) is 2. The highest BCUT2D eigenvalue weighted by atomic mass is 32.2. The third-order valence-electron chi connectivity index (χ3n) is 3.58. The van der Waals surface area contributed by atoms with Crippen LogP contribution in [-0.4, -0.2) is 56.4 Å². The second-order valence-electron chi connectivity index (χ2n) is 5.26. The van der Waals surface area contributed by atoms with Crippen LogP contribution in [0.25, 0.3) is 0 Å². The van der Waals surface area contributed by atoms with Gasteiger partial charge in [0.1, 0.15) is 0 Å². The summed E-state index contributed by atoms with van der Waals surface area (Å²) >= 11 is 0. The molecule has 0 saturated carbocycles. The summed E-state index contributed by atoms with van der Waals surface area (Å²) in [6, 6.07) is 0. The van der Waals surface area contributed by atoms with Gasteiger partial charge in [-0.05, 0) is 51.6 Å². The number of sulfonamides is 1. The standard InChI is InChI=1S/C12H26N2O3S/c1-11(15)5-9-14(2)18(16,17)10-6-12-3-7-13-8-4-12/h11-13,15H,3-10H2,1-2H3. The van der Waals surface area contributed by atoms with Crippen LogP contribution in [0.4, 0.5) is 0 Å². The maximum absolute atomic E-state index is 12.0. The summed E-state index contributed by atoms with van der Waals surface area (Å²) in [7, 11) is -1.56. The molecule has 0 spiro atoms. The molecule has 0 aliphatic carbocycles. The monoisotopic (exact) mass is 278 g/mol. The fraction of sp³-hybridized carbons (Fsp3) is 1.00. The Balaban J connectivity index is 2.33. The molecule has 0 bridgehead atoms. The Morgan fingerprint density at radius 2 is 2.00 bits per heavy atom. The molecule has 1 atom stereocenters. The highest BCUT2D eigenvalue weighted by Crippen LogP contribution is 2.17. The summed E-state index contributed by atoms with van der Waals surface area (Å²) in [6.45, 7) is 4.08. The Kier molecular flexibility index (Phi) is 6.55. The van der Waals surface area contributed by atoms with Crippen molar-refractivity contribution >= 4 is 10.0 Å². The van der Waals surface area contributed by atoms with Crippen LogP contribution in [0, 0.1) is 5.92 Å². The van der Waals surface area contributed by atoms with Gasteiger partial charge in [0.2, 0.25) is 10.0 Å². The van der Waals surface area contributed by atoms with Crippen LogP contribution in [0.15, 0.2) is 0 Å². The van der Waals surface area contributed by atoms with Gasteiger partial charge in [-0.2, -0.15) is 0 Å². The van der Waals surface area contributed by atoms with Gasteiger partial charge >= 0.3 is 0 Å². The fourth-order valence-corrected chi connectivity index (χ4v) is 3.48. The summed E-state index contributed by atoms with van der Waals surface area (Å²) in [5.74, 6) is 0.764. The summed E-state index contributed by atoms with van der Waals surface area (Å²) in [4.78, 5) is 0. The Morgan fingerprint density at radius 1 is 1.39 bits per heavy atom. The van der Waals surface area contributed by atoms with Crippen molar-refractivity contribution in [1.82, 2.24) is 9.62 Å². The predicted molar refractivity (Wildman–Crippen MR) is 72.9 cm³/mol. The Labute approximate surface area is 111 Å². The van der Waals surface area contributed by atoms with Gasteiger partial charge in [0.15, 0.2) is 0 Å². The van der Waals surface area contributed by atoms with Crippen molar-refractivity contribution in [2.45, 2.75) is 38.7 Å². The molecule has 1 aliphatic rings. The molecule has 0 aromatic rings. The molecule has 2 N–H and O–H groups in total. The van der Waals surface area contributed by atoms with E-state index in [4.69, 9.17) is 0 Å². The lowest BCUT2D eigenvalue weighted by Gasteiger charge is -2.24. The summed E-state index contributed by atoms with van der Waals surface area (Å²) in [6.07, 6.45) is 2.94. The molecule has 1 rings (SSSR count). The van der Waals surface area contributed by atoms with Crippen LogP contribution in [0.3, 0.4) is 0 Å². The zero-order valence-electron chi connectivity index (χ0n) is 11.4. The van der Waals surface area contributed by atoms with Crippen LogP contribution in [0.2, 0.25) is 0 Å². The molecule has 1 saturated heterocycles. The van der Waals surface area contributed by atoms with Crippen LogP contribution >= 0.6 is 0 Å². The zero-order chi connectivity index (χ0) is 13.6. The number of rotatable bonds is 7. The van der Waals surface area contributed by atoms with Crippen molar-refractivity contribution in [3.05, 3.63) is 0 Å². The maximum atomic E-state index is 12.0. The molecule has 5 nitrogen and oxygen atoms in total. The average Bonchev–Trinajstić information content (AvgIpc) is 2.34. The second kappa shape index (κ2) is 7.43. The van der Waals surface area contributed by atoms with Crippen molar-refractivity contribution in [3.63, 3.8) is 0 Å². The first-order valence-electron chi connectivity index (χ1n) is 6.74. The van der Waals surface area contributed by atoms with E-state index < -0.39 is 16.1 Å². The van der Waals surface area contributed by atoms with E-state index in [0.717, 1.165) is 32.4 Å². The number of aliphatic hydroxyl groups excluding tert-OH is 1. The normalized spacial score (nSPS) is 20.2. The van der Waals surface area contributed by atoms with Gasteiger partial charge < -0.3 is 10.4 Å². The van der Waals surface area contributed by atoms with Crippen LogP contribution < -0.4 is 5.32 Å².